The number of carbonyl (C=O) groups excluding carboxylic acids is 8. The first-order chi connectivity index (χ1) is 30.3. The lowest BCUT2D eigenvalue weighted by Crippen LogP contribution is -2.61. The number of nitrogens with one attached hydrogen (secondary N) is 6. The van der Waals surface area contributed by atoms with Gasteiger partial charge in [0.1, 0.15) is 48.3 Å². The predicted octanol–water partition coefficient (Wildman–Crippen LogP) is -2.83. The van der Waals surface area contributed by atoms with E-state index in [1.807, 2.05) is 27.7 Å². The van der Waals surface area contributed by atoms with Crippen LogP contribution >= 0.6 is 0 Å². The second-order valence-electron chi connectivity index (χ2n) is 17.3. The fourth-order valence-corrected chi connectivity index (χ4v) is 7.63. The summed E-state index contributed by atoms with van der Waals surface area (Å²) >= 11 is 0. The number of aliphatic hydroxyl groups is 2. The van der Waals surface area contributed by atoms with Crippen molar-refractivity contribution in [1.82, 2.24) is 41.7 Å². The minimum atomic E-state index is -1.52. The van der Waals surface area contributed by atoms with Gasteiger partial charge in [0, 0.05) is 13.1 Å². The smallest absolute Gasteiger partial charge is 0.326 e. The van der Waals surface area contributed by atoms with Crippen LogP contribution < -0.4 is 43.4 Å². The number of aliphatic hydroxyl groups excluding tert-OH is 2. The minimum absolute atomic E-state index is 0.0619. The van der Waals surface area contributed by atoms with Gasteiger partial charge in [0.05, 0.1) is 19.8 Å². The van der Waals surface area contributed by atoms with Crippen LogP contribution in [0.4, 0.5) is 0 Å². The second-order valence-corrected chi connectivity index (χ2v) is 17.3. The maximum atomic E-state index is 14.1. The summed E-state index contributed by atoms with van der Waals surface area (Å²) in [4.78, 5) is 122. The molecule has 64 heavy (non-hydrogen) atoms. The summed E-state index contributed by atoms with van der Waals surface area (Å²) in [6.07, 6.45) is 3.71. The van der Waals surface area contributed by atoms with Crippen molar-refractivity contribution in [3.63, 3.8) is 0 Å². The third kappa shape index (κ3) is 16.3. The number of carbonyl (C=O) groups is 9. The van der Waals surface area contributed by atoms with Crippen LogP contribution in [0.15, 0.2) is 0 Å². The molecule has 2 rings (SSSR count). The number of aliphatic carboxylic acids is 1. The Morgan fingerprint density at radius 1 is 0.656 bits per heavy atom. The van der Waals surface area contributed by atoms with E-state index in [9.17, 15) is 58.5 Å². The standard InChI is InChI=1S/C42H74N10O12/c1-7-24(5)33(49-35(56)26(44)21-53)40(61)50-34(25(6)8-2)41(62)52-18-12-15-31(52)39(60)48-29(22-54)36(57)45-20-32(55)51-17-11-14-30(51)38(59)47-28(19-23(3)4)37(58)46-27(42(63)64)13-9-10-16-43/h23-31,33-34,53-54H,7-22,43-44H2,1-6H3,(H,45,57)(H,46,58)(H,47,59)(H,48,60)(H,49,56)(H,50,61)(H,63,64)/t24-,25-,26-,27-,28-,29-,30-,31-,33-,34-/m0/s1. The first-order valence-electron chi connectivity index (χ1n) is 22.6. The Bertz CT molecular complexity index is 1620. The van der Waals surface area contributed by atoms with Gasteiger partial charge in [-0.15, -0.1) is 0 Å². The molecule has 0 aliphatic carbocycles. The molecule has 0 saturated carbocycles. The summed E-state index contributed by atoms with van der Waals surface area (Å²) in [6.45, 7) is 9.42. The van der Waals surface area contributed by atoms with E-state index in [0.29, 0.717) is 45.1 Å². The van der Waals surface area contributed by atoms with Gasteiger partial charge in [0.25, 0.3) is 0 Å². The molecule has 8 amide bonds. The summed E-state index contributed by atoms with van der Waals surface area (Å²) in [5.74, 6) is -7.57. The number of hydrogen-bond donors (Lipinski definition) is 11. The zero-order chi connectivity index (χ0) is 48.3. The number of carboxylic acid groups (broad SMARTS) is 1. The summed E-state index contributed by atoms with van der Waals surface area (Å²) < 4.78 is 0. The molecule has 0 spiro atoms. The lowest BCUT2D eigenvalue weighted by molar-refractivity contribution is -0.144. The van der Waals surface area contributed by atoms with E-state index in [4.69, 9.17) is 11.5 Å². The van der Waals surface area contributed by atoms with E-state index in [2.05, 4.69) is 31.9 Å². The van der Waals surface area contributed by atoms with Crippen molar-refractivity contribution in [2.45, 2.75) is 154 Å². The highest BCUT2D eigenvalue weighted by Gasteiger charge is 2.42. The van der Waals surface area contributed by atoms with Crippen molar-refractivity contribution >= 4 is 53.2 Å². The van der Waals surface area contributed by atoms with Gasteiger partial charge in [-0.2, -0.15) is 0 Å². The van der Waals surface area contributed by atoms with Gasteiger partial charge in [0.15, 0.2) is 0 Å². The van der Waals surface area contributed by atoms with E-state index < -0.39 is 127 Å². The van der Waals surface area contributed by atoms with Crippen LogP contribution in [0.1, 0.15) is 106 Å². The molecule has 2 saturated heterocycles. The highest BCUT2D eigenvalue weighted by Crippen LogP contribution is 2.23. The number of hydrogen-bond acceptors (Lipinski definition) is 13. The molecule has 22 nitrogen and oxygen atoms in total. The summed E-state index contributed by atoms with van der Waals surface area (Å²) in [5, 5.41) is 44.5. The zero-order valence-corrected chi connectivity index (χ0v) is 38.2. The van der Waals surface area contributed by atoms with Crippen LogP contribution in [0, 0.1) is 17.8 Å². The molecule has 2 heterocycles. The topological polar surface area (TPSA) is 345 Å². The van der Waals surface area contributed by atoms with Crippen LogP contribution in [-0.2, 0) is 43.2 Å². The molecule has 2 fully saturated rings. The summed E-state index contributed by atoms with van der Waals surface area (Å²) in [6, 6.07) is -9.27. The number of amides is 8. The number of carboxylic acids is 1. The van der Waals surface area contributed by atoms with Gasteiger partial charge in [-0.3, -0.25) is 38.4 Å². The number of unbranched alkanes of at least 4 members (excludes halogenated alkanes) is 1. The quantitative estimate of drug-likeness (QED) is 0.0371. The van der Waals surface area contributed by atoms with Crippen molar-refractivity contribution in [3.05, 3.63) is 0 Å². The van der Waals surface area contributed by atoms with Crippen molar-refractivity contribution in [1.29, 1.82) is 0 Å². The van der Waals surface area contributed by atoms with Gasteiger partial charge in [0.2, 0.25) is 47.3 Å². The summed E-state index contributed by atoms with van der Waals surface area (Å²) in [7, 11) is 0. The van der Waals surface area contributed by atoms with Gasteiger partial charge in [-0.05, 0) is 75.7 Å². The molecule has 0 unspecified atom stereocenters. The summed E-state index contributed by atoms with van der Waals surface area (Å²) in [5.41, 5.74) is 11.2. The van der Waals surface area contributed by atoms with Crippen LogP contribution in [0.2, 0.25) is 0 Å². The van der Waals surface area contributed by atoms with E-state index >= 15 is 0 Å². The fraction of sp³-hybridized carbons (Fsp3) is 0.786. The monoisotopic (exact) mass is 911 g/mol. The molecular formula is C42H74N10O12. The average Bonchev–Trinajstić information content (AvgIpc) is 3.97. The number of rotatable bonds is 27. The molecule has 22 heteroatoms. The molecule has 2 aliphatic heterocycles. The van der Waals surface area contributed by atoms with Gasteiger partial charge in [-0.25, -0.2) is 4.79 Å². The van der Waals surface area contributed by atoms with Gasteiger partial charge < -0.3 is 68.5 Å². The number of nitrogens with zero attached hydrogens (tertiary/aromatic N) is 2. The second kappa shape index (κ2) is 27.4. The maximum Gasteiger partial charge on any atom is 0.326 e. The SMILES string of the molecule is CC[C@H](C)[C@H](NC(=O)[C@@H](N)CO)C(=O)N[C@H](C(=O)N1CCC[C@H]1C(=O)N[C@@H](CO)C(=O)NCC(=O)N1CCC[C@H]1C(=O)N[C@@H](CC(C)C)C(=O)N[C@@H](CCCCN)C(=O)O)[C@@H](C)CC. The fourth-order valence-electron chi connectivity index (χ4n) is 7.63. The van der Waals surface area contributed by atoms with Crippen LogP contribution in [0.5, 0.6) is 0 Å². The first kappa shape index (κ1) is 55.2. The highest BCUT2D eigenvalue weighted by molar-refractivity contribution is 5.98. The van der Waals surface area contributed by atoms with Crippen molar-refractivity contribution in [2.24, 2.45) is 29.2 Å². The molecule has 0 aromatic heterocycles. The zero-order valence-electron chi connectivity index (χ0n) is 38.2. The van der Waals surface area contributed by atoms with Crippen LogP contribution in [0.3, 0.4) is 0 Å². The number of likely N-dealkylation sites (tertiary alicyclic amines) is 2. The molecule has 2 aliphatic rings. The van der Waals surface area contributed by atoms with Gasteiger partial charge >= 0.3 is 5.97 Å². The van der Waals surface area contributed by atoms with Crippen molar-refractivity contribution < 1.29 is 58.5 Å². The lowest BCUT2D eigenvalue weighted by atomic mass is 9.94. The first-order valence-corrected chi connectivity index (χ1v) is 22.6. The van der Waals surface area contributed by atoms with Crippen LogP contribution in [-0.4, -0.2) is 166 Å². The van der Waals surface area contributed by atoms with Crippen molar-refractivity contribution in [3.8, 4) is 0 Å². The predicted molar refractivity (Wildman–Crippen MR) is 233 cm³/mol. The minimum Gasteiger partial charge on any atom is -0.480 e. The van der Waals surface area contributed by atoms with Gasteiger partial charge in [-0.1, -0.05) is 54.4 Å². The molecule has 0 aromatic rings. The maximum absolute atomic E-state index is 14.1. The lowest BCUT2D eigenvalue weighted by Gasteiger charge is -2.33. The Kier molecular flexibility index (Phi) is 23.6. The molecule has 364 valence electrons. The molecule has 13 N–H and O–H groups in total. The van der Waals surface area contributed by atoms with E-state index in [1.54, 1.807) is 13.8 Å². The molecule has 10 atom stereocenters. The Morgan fingerprint density at radius 3 is 1.73 bits per heavy atom. The molecular weight excluding hydrogens is 837 g/mol. The highest BCUT2D eigenvalue weighted by atomic mass is 16.4. The Balaban J connectivity index is 2.11. The van der Waals surface area contributed by atoms with E-state index in [-0.39, 0.29) is 50.6 Å². The third-order valence-electron chi connectivity index (χ3n) is 11.9. The Morgan fingerprint density at radius 2 is 1.20 bits per heavy atom. The largest absolute Gasteiger partial charge is 0.480 e. The van der Waals surface area contributed by atoms with Crippen LogP contribution in [0.25, 0.3) is 0 Å². The Labute approximate surface area is 375 Å². The van der Waals surface area contributed by atoms with E-state index in [1.165, 1.54) is 9.80 Å². The molecule has 0 radical (unpaired) electrons. The molecule has 0 bridgehead atoms. The molecule has 0 aromatic carbocycles. The van der Waals surface area contributed by atoms with Crippen molar-refractivity contribution in [2.75, 3.05) is 39.4 Å². The Hall–Kier alpha value is -4.93. The normalized spacial score (nSPS) is 19.9. The average molecular weight is 911 g/mol. The third-order valence-corrected chi connectivity index (χ3v) is 11.9. The van der Waals surface area contributed by atoms with E-state index in [0.717, 1.165) is 0 Å². The number of nitrogens with two attached hydrogens (primary N) is 2.